The molecule has 0 saturated heterocycles. The number of nitrogens with zero attached hydrogens (tertiary/aromatic N) is 1. The van der Waals surface area contributed by atoms with Crippen molar-refractivity contribution in [3.8, 4) is 11.8 Å². The maximum absolute atomic E-state index is 11.8. The molecule has 0 amide bonds. The van der Waals surface area contributed by atoms with E-state index in [0.717, 1.165) is 0 Å². The second-order valence-electron chi connectivity index (χ2n) is 4.92. The predicted octanol–water partition coefficient (Wildman–Crippen LogP) is 2.15. The second-order valence-corrected chi connectivity index (χ2v) is 7.78. The number of hydrogen-bond acceptors (Lipinski definition) is 4. The van der Waals surface area contributed by atoms with Crippen LogP contribution in [-0.4, -0.2) is 25.5 Å². The molecule has 0 heterocycles. The normalized spacial score (nSPS) is 11.9. The van der Waals surface area contributed by atoms with Gasteiger partial charge in [0.15, 0.2) is 9.84 Å². The topological polar surface area (TPSA) is 67.2 Å². The van der Waals surface area contributed by atoms with Crippen LogP contribution < -0.4 is 4.74 Å². The molecule has 0 aromatic heterocycles. The number of sulfone groups is 1. The zero-order chi connectivity index (χ0) is 13.8. The fourth-order valence-corrected chi connectivity index (χ4v) is 2.15. The van der Waals surface area contributed by atoms with Gasteiger partial charge in [-0.05, 0) is 39.0 Å². The average molecular weight is 267 g/mol. The van der Waals surface area contributed by atoms with Gasteiger partial charge < -0.3 is 4.74 Å². The first kappa shape index (κ1) is 14.5. The summed E-state index contributed by atoms with van der Waals surface area (Å²) in [5.41, 5.74) is 0.492. The molecule has 1 aromatic carbocycles. The first-order valence-electron chi connectivity index (χ1n) is 5.61. The highest BCUT2D eigenvalue weighted by atomic mass is 32.2. The SMILES string of the molecule is CC(C)(C)S(=O)(=O)CCOc1cccc(C#N)c1. The van der Waals surface area contributed by atoms with Crippen LogP contribution in [0.4, 0.5) is 0 Å². The number of ether oxygens (including phenoxy) is 1. The minimum absolute atomic E-state index is 0.0344. The second kappa shape index (κ2) is 5.40. The van der Waals surface area contributed by atoms with Crippen molar-refractivity contribution in [3.63, 3.8) is 0 Å². The molecule has 18 heavy (non-hydrogen) atoms. The molecule has 0 saturated carbocycles. The van der Waals surface area contributed by atoms with Crippen LogP contribution in [0.25, 0.3) is 0 Å². The minimum atomic E-state index is -3.17. The molecule has 0 spiro atoms. The van der Waals surface area contributed by atoms with E-state index in [4.69, 9.17) is 10.00 Å². The molecule has 0 N–H and O–H groups in total. The summed E-state index contributed by atoms with van der Waals surface area (Å²) in [7, 11) is -3.17. The third kappa shape index (κ3) is 3.74. The van der Waals surface area contributed by atoms with Gasteiger partial charge in [-0.15, -0.1) is 0 Å². The van der Waals surface area contributed by atoms with Gasteiger partial charge in [0.05, 0.1) is 22.1 Å². The van der Waals surface area contributed by atoms with Gasteiger partial charge in [0.25, 0.3) is 0 Å². The van der Waals surface area contributed by atoms with E-state index in [1.807, 2.05) is 6.07 Å². The quantitative estimate of drug-likeness (QED) is 0.838. The molecule has 1 aromatic rings. The summed E-state index contributed by atoms with van der Waals surface area (Å²) in [5, 5.41) is 8.72. The van der Waals surface area contributed by atoms with Crippen molar-refractivity contribution in [2.75, 3.05) is 12.4 Å². The largest absolute Gasteiger partial charge is 0.492 e. The summed E-state index contributed by atoms with van der Waals surface area (Å²) in [6, 6.07) is 8.65. The summed E-state index contributed by atoms with van der Waals surface area (Å²) in [6.07, 6.45) is 0. The molecule has 0 atom stereocenters. The van der Waals surface area contributed by atoms with E-state index in [1.165, 1.54) is 0 Å². The highest BCUT2D eigenvalue weighted by molar-refractivity contribution is 7.92. The highest BCUT2D eigenvalue weighted by Crippen LogP contribution is 2.17. The van der Waals surface area contributed by atoms with Crippen molar-refractivity contribution in [2.24, 2.45) is 0 Å². The van der Waals surface area contributed by atoms with Crippen molar-refractivity contribution in [3.05, 3.63) is 29.8 Å². The molecule has 0 aliphatic carbocycles. The lowest BCUT2D eigenvalue weighted by atomic mass is 10.2. The highest BCUT2D eigenvalue weighted by Gasteiger charge is 2.28. The maximum Gasteiger partial charge on any atom is 0.158 e. The van der Waals surface area contributed by atoms with Gasteiger partial charge >= 0.3 is 0 Å². The van der Waals surface area contributed by atoms with Crippen LogP contribution in [-0.2, 0) is 9.84 Å². The number of nitriles is 1. The Balaban J connectivity index is 2.60. The van der Waals surface area contributed by atoms with Crippen LogP contribution in [0.15, 0.2) is 24.3 Å². The van der Waals surface area contributed by atoms with Crippen LogP contribution in [0, 0.1) is 11.3 Å². The minimum Gasteiger partial charge on any atom is -0.492 e. The van der Waals surface area contributed by atoms with Crippen molar-refractivity contribution < 1.29 is 13.2 Å². The molecule has 0 unspecified atom stereocenters. The Labute approximate surface area is 108 Å². The first-order chi connectivity index (χ1) is 8.26. The van der Waals surface area contributed by atoms with Gasteiger partial charge in [-0.3, -0.25) is 0 Å². The van der Waals surface area contributed by atoms with Crippen LogP contribution in [0.2, 0.25) is 0 Å². The van der Waals surface area contributed by atoms with Gasteiger partial charge in [0, 0.05) is 0 Å². The fraction of sp³-hybridized carbons (Fsp3) is 0.462. The Kier molecular flexibility index (Phi) is 4.36. The Morgan fingerprint density at radius 2 is 2.00 bits per heavy atom. The zero-order valence-corrected chi connectivity index (χ0v) is 11.6. The molecule has 0 radical (unpaired) electrons. The molecule has 0 aliphatic rings. The maximum atomic E-state index is 11.8. The van der Waals surface area contributed by atoms with Crippen molar-refractivity contribution in [1.82, 2.24) is 0 Å². The Morgan fingerprint density at radius 1 is 1.33 bits per heavy atom. The first-order valence-corrected chi connectivity index (χ1v) is 7.27. The molecule has 98 valence electrons. The Hall–Kier alpha value is -1.54. The Bertz CT molecular complexity index is 550. The van der Waals surface area contributed by atoms with Crippen LogP contribution in [0.5, 0.6) is 5.75 Å². The monoisotopic (exact) mass is 267 g/mol. The van der Waals surface area contributed by atoms with Gasteiger partial charge in [-0.1, -0.05) is 6.07 Å². The molecule has 5 heteroatoms. The smallest absolute Gasteiger partial charge is 0.158 e. The molecular formula is C13H17NO3S. The van der Waals surface area contributed by atoms with E-state index in [0.29, 0.717) is 11.3 Å². The van der Waals surface area contributed by atoms with E-state index in [9.17, 15) is 8.42 Å². The third-order valence-corrected chi connectivity index (χ3v) is 5.09. The lowest BCUT2D eigenvalue weighted by Crippen LogP contribution is -2.32. The molecule has 0 bridgehead atoms. The zero-order valence-electron chi connectivity index (χ0n) is 10.8. The molecule has 0 aliphatic heterocycles. The van der Waals surface area contributed by atoms with Crippen LogP contribution >= 0.6 is 0 Å². The van der Waals surface area contributed by atoms with Gasteiger partial charge in [0.2, 0.25) is 0 Å². The van der Waals surface area contributed by atoms with Gasteiger partial charge in [-0.25, -0.2) is 8.42 Å². The summed E-state index contributed by atoms with van der Waals surface area (Å²) in [4.78, 5) is 0. The lowest BCUT2D eigenvalue weighted by Gasteiger charge is -2.19. The van der Waals surface area contributed by atoms with Crippen molar-refractivity contribution in [2.45, 2.75) is 25.5 Å². The van der Waals surface area contributed by atoms with Gasteiger partial charge in [0.1, 0.15) is 12.4 Å². The van der Waals surface area contributed by atoms with E-state index >= 15 is 0 Å². The Morgan fingerprint density at radius 3 is 2.56 bits per heavy atom. The van der Waals surface area contributed by atoms with E-state index in [-0.39, 0.29) is 12.4 Å². The van der Waals surface area contributed by atoms with Crippen LogP contribution in [0.1, 0.15) is 26.3 Å². The number of benzene rings is 1. The summed E-state index contributed by atoms with van der Waals surface area (Å²) >= 11 is 0. The van der Waals surface area contributed by atoms with Crippen molar-refractivity contribution in [1.29, 1.82) is 5.26 Å². The molecule has 0 fully saturated rings. The predicted molar refractivity (Wildman–Crippen MR) is 70.2 cm³/mol. The lowest BCUT2D eigenvalue weighted by molar-refractivity contribution is 0.339. The van der Waals surface area contributed by atoms with Gasteiger partial charge in [-0.2, -0.15) is 5.26 Å². The molecule has 1 rings (SSSR count). The summed E-state index contributed by atoms with van der Waals surface area (Å²) in [5.74, 6) is 0.478. The summed E-state index contributed by atoms with van der Waals surface area (Å²) in [6.45, 7) is 5.09. The van der Waals surface area contributed by atoms with E-state index in [1.54, 1.807) is 45.0 Å². The standard InChI is InChI=1S/C13H17NO3S/c1-13(2,3)18(15,16)8-7-17-12-6-4-5-11(9-12)10-14/h4-6,9H,7-8H2,1-3H3. The van der Waals surface area contributed by atoms with E-state index in [2.05, 4.69) is 0 Å². The fourth-order valence-electron chi connectivity index (χ4n) is 1.23. The average Bonchev–Trinajstić information content (AvgIpc) is 2.27. The number of hydrogen-bond donors (Lipinski definition) is 0. The van der Waals surface area contributed by atoms with Crippen LogP contribution in [0.3, 0.4) is 0 Å². The third-order valence-electron chi connectivity index (χ3n) is 2.52. The molecular weight excluding hydrogens is 250 g/mol. The van der Waals surface area contributed by atoms with E-state index < -0.39 is 14.6 Å². The van der Waals surface area contributed by atoms with Crippen molar-refractivity contribution >= 4 is 9.84 Å². The summed E-state index contributed by atoms with van der Waals surface area (Å²) < 4.78 is 28.2. The number of rotatable bonds is 4. The molecule has 4 nitrogen and oxygen atoms in total.